The van der Waals surface area contributed by atoms with Crippen LogP contribution in [-0.4, -0.2) is 23.0 Å². The number of aryl methyl sites for hydroxylation is 2. The Hall–Kier alpha value is -2.50. The molecule has 4 nitrogen and oxygen atoms in total. The number of amides is 1. The van der Waals surface area contributed by atoms with Gasteiger partial charge in [-0.25, -0.2) is 8.78 Å². The molecule has 0 spiro atoms. The maximum Gasteiger partial charge on any atom is 0.246 e. The molecule has 0 atom stereocenters. The standard InChI is InChI=1S/C16H16F2N2O2/c1-10-13(11(2)22-19-10)9-20(3)16(21)8-7-12-14(17)5-4-6-15(12)18/h4-8H,9H2,1-3H3/b8-7+. The number of carbonyl (C=O) groups is 1. The second-order valence-corrected chi connectivity index (χ2v) is 4.97. The molecule has 0 saturated carbocycles. The first-order valence-electron chi connectivity index (χ1n) is 6.69. The lowest BCUT2D eigenvalue weighted by Gasteiger charge is -2.14. The number of aromatic nitrogens is 1. The summed E-state index contributed by atoms with van der Waals surface area (Å²) in [7, 11) is 1.59. The van der Waals surface area contributed by atoms with Crippen LogP contribution in [-0.2, 0) is 11.3 Å². The summed E-state index contributed by atoms with van der Waals surface area (Å²) in [5.41, 5.74) is 1.30. The van der Waals surface area contributed by atoms with Gasteiger partial charge < -0.3 is 9.42 Å². The van der Waals surface area contributed by atoms with Gasteiger partial charge in [0, 0.05) is 24.3 Å². The zero-order valence-corrected chi connectivity index (χ0v) is 12.6. The van der Waals surface area contributed by atoms with Crippen LogP contribution in [0.1, 0.15) is 22.6 Å². The van der Waals surface area contributed by atoms with Crippen molar-refractivity contribution in [2.45, 2.75) is 20.4 Å². The Bertz CT molecular complexity index is 683. The Morgan fingerprint density at radius 1 is 1.32 bits per heavy atom. The van der Waals surface area contributed by atoms with Crippen LogP contribution in [0.4, 0.5) is 8.78 Å². The van der Waals surface area contributed by atoms with Gasteiger partial charge >= 0.3 is 0 Å². The van der Waals surface area contributed by atoms with Gasteiger partial charge in [-0.15, -0.1) is 0 Å². The third-order valence-electron chi connectivity index (χ3n) is 3.35. The molecular weight excluding hydrogens is 290 g/mol. The molecule has 2 rings (SSSR count). The van der Waals surface area contributed by atoms with E-state index in [0.29, 0.717) is 18.0 Å². The number of carbonyl (C=O) groups excluding carboxylic acids is 1. The van der Waals surface area contributed by atoms with E-state index in [-0.39, 0.29) is 11.5 Å². The van der Waals surface area contributed by atoms with Gasteiger partial charge in [0.25, 0.3) is 0 Å². The van der Waals surface area contributed by atoms with E-state index in [9.17, 15) is 13.6 Å². The van der Waals surface area contributed by atoms with Crippen molar-refractivity contribution >= 4 is 12.0 Å². The summed E-state index contributed by atoms with van der Waals surface area (Å²) < 4.78 is 32.0. The van der Waals surface area contributed by atoms with E-state index in [1.165, 1.54) is 11.0 Å². The summed E-state index contributed by atoms with van der Waals surface area (Å²) in [6.07, 6.45) is 2.27. The molecule has 0 aliphatic rings. The Balaban J connectivity index is 2.10. The summed E-state index contributed by atoms with van der Waals surface area (Å²) in [5.74, 6) is -1.15. The average Bonchev–Trinajstić information content (AvgIpc) is 2.78. The second-order valence-electron chi connectivity index (χ2n) is 4.97. The Kier molecular flexibility index (Phi) is 4.70. The van der Waals surface area contributed by atoms with E-state index < -0.39 is 11.6 Å². The van der Waals surface area contributed by atoms with Gasteiger partial charge in [0.1, 0.15) is 17.4 Å². The van der Waals surface area contributed by atoms with Crippen molar-refractivity contribution in [2.75, 3.05) is 7.05 Å². The highest BCUT2D eigenvalue weighted by molar-refractivity contribution is 5.91. The molecule has 0 N–H and O–H groups in total. The Morgan fingerprint density at radius 2 is 1.95 bits per heavy atom. The van der Waals surface area contributed by atoms with Crippen molar-refractivity contribution < 1.29 is 18.1 Å². The smallest absolute Gasteiger partial charge is 0.246 e. The molecule has 6 heteroatoms. The number of benzene rings is 1. The fourth-order valence-electron chi connectivity index (χ4n) is 1.99. The molecule has 0 radical (unpaired) electrons. The molecule has 116 valence electrons. The molecule has 0 saturated heterocycles. The Labute approximate surface area is 127 Å². The van der Waals surface area contributed by atoms with Crippen LogP contribution in [0.2, 0.25) is 0 Å². The summed E-state index contributed by atoms with van der Waals surface area (Å²) >= 11 is 0. The molecule has 0 aliphatic heterocycles. The molecule has 0 bridgehead atoms. The summed E-state index contributed by atoms with van der Waals surface area (Å²) in [4.78, 5) is 13.4. The molecule has 2 aromatic rings. The molecule has 1 heterocycles. The zero-order valence-electron chi connectivity index (χ0n) is 12.6. The van der Waals surface area contributed by atoms with Crippen LogP contribution in [0, 0.1) is 25.5 Å². The molecular formula is C16H16F2N2O2. The fraction of sp³-hybridized carbons (Fsp3) is 0.250. The number of hydrogen-bond donors (Lipinski definition) is 0. The van der Waals surface area contributed by atoms with Gasteiger partial charge in [-0.2, -0.15) is 0 Å². The monoisotopic (exact) mass is 306 g/mol. The lowest BCUT2D eigenvalue weighted by molar-refractivity contribution is -0.125. The Morgan fingerprint density at radius 3 is 2.50 bits per heavy atom. The van der Waals surface area contributed by atoms with Gasteiger partial charge in [-0.05, 0) is 32.1 Å². The minimum absolute atomic E-state index is 0.235. The van der Waals surface area contributed by atoms with Crippen LogP contribution in [0.15, 0.2) is 28.8 Å². The summed E-state index contributed by atoms with van der Waals surface area (Å²) in [5, 5.41) is 3.82. The fourth-order valence-corrected chi connectivity index (χ4v) is 1.99. The molecule has 22 heavy (non-hydrogen) atoms. The minimum Gasteiger partial charge on any atom is -0.361 e. The van der Waals surface area contributed by atoms with Crippen LogP contribution in [0.5, 0.6) is 0 Å². The van der Waals surface area contributed by atoms with E-state index in [4.69, 9.17) is 4.52 Å². The maximum absolute atomic E-state index is 13.5. The van der Waals surface area contributed by atoms with E-state index in [0.717, 1.165) is 29.8 Å². The highest BCUT2D eigenvalue weighted by Crippen LogP contribution is 2.16. The first-order valence-corrected chi connectivity index (χ1v) is 6.69. The summed E-state index contributed by atoms with van der Waals surface area (Å²) in [6, 6.07) is 3.55. The van der Waals surface area contributed by atoms with Crippen molar-refractivity contribution in [3.8, 4) is 0 Å². The van der Waals surface area contributed by atoms with Crippen LogP contribution >= 0.6 is 0 Å². The van der Waals surface area contributed by atoms with Crippen molar-refractivity contribution in [3.05, 3.63) is 58.5 Å². The highest BCUT2D eigenvalue weighted by Gasteiger charge is 2.14. The second kappa shape index (κ2) is 6.51. The first-order chi connectivity index (χ1) is 10.4. The highest BCUT2D eigenvalue weighted by atomic mass is 19.1. The number of hydrogen-bond acceptors (Lipinski definition) is 3. The number of likely N-dealkylation sites (N-methyl/N-ethyl adjacent to an activating group) is 1. The van der Waals surface area contributed by atoms with Gasteiger partial charge in [0.2, 0.25) is 5.91 Å². The molecule has 1 aromatic carbocycles. The maximum atomic E-state index is 13.5. The third-order valence-corrected chi connectivity index (χ3v) is 3.35. The van der Waals surface area contributed by atoms with Crippen molar-refractivity contribution in [2.24, 2.45) is 0 Å². The molecule has 0 unspecified atom stereocenters. The number of rotatable bonds is 4. The lowest BCUT2D eigenvalue weighted by Crippen LogP contribution is -2.24. The molecule has 0 aliphatic carbocycles. The normalized spacial score (nSPS) is 11.1. The molecule has 1 aromatic heterocycles. The zero-order chi connectivity index (χ0) is 16.3. The SMILES string of the molecule is Cc1noc(C)c1CN(C)C(=O)/C=C/c1c(F)cccc1F. The predicted molar refractivity (Wildman–Crippen MR) is 77.8 cm³/mol. The van der Waals surface area contributed by atoms with Crippen molar-refractivity contribution in [3.63, 3.8) is 0 Å². The third kappa shape index (κ3) is 3.39. The van der Waals surface area contributed by atoms with Crippen molar-refractivity contribution in [1.29, 1.82) is 0 Å². The van der Waals surface area contributed by atoms with Crippen LogP contribution in [0.3, 0.4) is 0 Å². The first kappa shape index (κ1) is 15.9. The van der Waals surface area contributed by atoms with Gasteiger partial charge in [0.15, 0.2) is 0 Å². The predicted octanol–water partition coefficient (Wildman–Crippen LogP) is 3.24. The van der Waals surface area contributed by atoms with Crippen molar-refractivity contribution in [1.82, 2.24) is 10.1 Å². The largest absolute Gasteiger partial charge is 0.361 e. The molecule has 1 amide bonds. The van der Waals surface area contributed by atoms with E-state index in [1.54, 1.807) is 20.9 Å². The minimum atomic E-state index is -0.711. The number of halogens is 2. The number of nitrogens with zero attached hydrogens (tertiary/aromatic N) is 2. The van der Waals surface area contributed by atoms with E-state index in [2.05, 4.69) is 5.16 Å². The van der Waals surface area contributed by atoms with Gasteiger partial charge in [-0.3, -0.25) is 4.79 Å². The van der Waals surface area contributed by atoms with Gasteiger partial charge in [-0.1, -0.05) is 11.2 Å². The molecule has 0 fully saturated rings. The average molecular weight is 306 g/mol. The van der Waals surface area contributed by atoms with E-state index in [1.807, 2.05) is 0 Å². The quantitative estimate of drug-likeness (QED) is 0.815. The topological polar surface area (TPSA) is 46.3 Å². The van der Waals surface area contributed by atoms with Crippen LogP contribution in [0.25, 0.3) is 6.08 Å². The van der Waals surface area contributed by atoms with Crippen LogP contribution < -0.4 is 0 Å². The van der Waals surface area contributed by atoms with Gasteiger partial charge in [0.05, 0.1) is 12.2 Å². The summed E-state index contributed by atoms with van der Waals surface area (Å²) in [6.45, 7) is 3.86. The van der Waals surface area contributed by atoms with E-state index >= 15 is 0 Å². The lowest BCUT2D eigenvalue weighted by atomic mass is 10.1.